The number of likely N-dealkylation sites (N-methyl/N-ethyl adjacent to an activating group) is 1. The molecule has 0 atom stereocenters. The number of fused-ring (bicyclic) bond motifs is 1. The minimum atomic E-state index is -0.309. The zero-order chi connectivity index (χ0) is 20.1. The topological polar surface area (TPSA) is 78.7 Å². The molecule has 0 radical (unpaired) electrons. The van der Waals surface area contributed by atoms with Gasteiger partial charge in [0.05, 0.1) is 5.52 Å². The number of rotatable bonds is 7. The molecule has 7 nitrogen and oxygen atoms in total. The van der Waals surface area contributed by atoms with Crippen LogP contribution in [0.3, 0.4) is 0 Å². The van der Waals surface area contributed by atoms with Gasteiger partial charge in [-0.2, -0.15) is 0 Å². The Balaban J connectivity index is 1.78. The Hall–Kier alpha value is -3.19. The molecule has 0 aliphatic heterocycles. The summed E-state index contributed by atoms with van der Waals surface area (Å²) in [5.74, 6) is -0.410. The fourth-order valence-electron chi connectivity index (χ4n) is 2.81. The minimum Gasteiger partial charge on any atom is -0.348 e. The first-order valence-electron chi connectivity index (χ1n) is 9.19. The molecule has 0 fully saturated rings. The SMILES string of the molecule is Cc1ccc(CNC(=O)c2nc(C(=O)NCCN(C)C)n3ccccc23)cc1. The van der Waals surface area contributed by atoms with E-state index in [0.29, 0.717) is 18.6 Å². The second-order valence-corrected chi connectivity index (χ2v) is 6.97. The van der Waals surface area contributed by atoms with E-state index in [1.165, 1.54) is 5.56 Å². The molecule has 7 heteroatoms. The molecule has 0 saturated carbocycles. The van der Waals surface area contributed by atoms with Gasteiger partial charge in [0, 0.05) is 25.8 Å². The van der Waals surface area contributed by atoms with Crippen LogP contribution in [0, 0.1) is 6.92 Å². The third-order valence-electron chi connectivity index (χ3n) is 4.38. The van der Waals surface area contributed by atoms with Crippen molar-refractivity contribution in [2.45, 2.75) is 13.5 Å². The molecule has 0 aliphatic carbocycles. The van der Waals surface area contributed by atoms with Crippen LogP contribution in [0.15, 0.2) is 48.7 Å². The molecule has 1 aromatic carbocycles. The molecule has 146 valence electrons. The number of benzene rings is 1. The summed E-state index contributed by atoms with van der Waals surface area (Å²) in [6.45, 7) is 3.64. The van der Waals surface area contributed by atoms with Crippen molar-refractivity contribution < 1.29 is 9.59 Å². The van der Waals surface area contributed by atoms with E-state index < -0.39 is 0 Å². The smallest absolute Gasteiger partial charge is 0.287 e. The van der Waals surface area contributed by atoms with Gasteiger partial charge in [0.15, 0.2) is 5.69 Å². The van der Waals surface area contributed by atoms with E-state index in [-0.39, 0.29) is 23.3 Å². The van der Waals surface area contributed by atoms with Crippen molar-refractivity contribution in [3.8, 4) is 0 Å². The average molecular weight is 379 g/mol. The first kappa shape index (κ1) is 19.6. The van der Waals surface area contributed by atoms with Crippen LogP contribution < -0.4 is 10.6 Å². The van der Waals surface area contributed by atoms with E-state index in [9.17, 15) is 9.59 Å². The zero-order valence-electron chi connectivity index (χ0n) is 16.4. The van der Waals surface area contributed by atoms with Crippen LogP contribution in [0.5, 0.6) is 0 Å². The van der Waals surface area contributed by atoms with Crippen LogP contribution in [-0.4, -0.2) is 53.3 Å². The van der Waals surface area contributed by atoms with Crippen molar-refractivity contribution in [3.05, 3.63) is 71.3 Å². The lowest BCUT2D eigenvalue weighted by Gasteiger charge is -2.09. The number of hydrogen-bond donors (Lipinski definition) is 2. The van der Waals surface area contributed by atoms with Crippen molar-refractivity contribution in [1.82, 2.24) is 24.9 Å². The predicted molar refractivity (Wildman–Crippen MR) is 108 cm³/mol. The summed E-state index contributed by atoms with van der Waals surface area (Å²) in [7, 11) is 3.88. The van der Waals surface area contributed by atoms with E-state index in [1.807, 2.05) is 56.3 Å². The summed E-state index contributed by atoms with van der Waals surface area (Å²) in [5, 5.41) is 5.73. The van der Waals surface area contributed by atoms with Gasteiger partial charge >= 0.3 is 0 Å². The molecule has 2 heterocycles. The number of carbonyl (C=O) groups is 2. The maximum atomic E-state index is 12.7. The van der Waals surface area contributed by atoms with E-state index >= 15 is 0 Å². The van der Waals surface area contributed by atoms with Crippen molar-refractivity contribution in [3.63, 3.8) is 0 Å². The molecule has 0 spiro atoms. The maximum absolute atomic E-state index is 12.7. The summed E-state index contributed by atoms with van der Waals surface area (Å²) in [6, 6.07) is 13.4. The molecule has 2 aromatic heterocycles. The third kappa shape index (κ3) is 4.55. The Labute approximate surface area is 164 Å². The number of aryl methyl sites for hydroxylation is 1. The first-order chi connectivity index (χ1) is 13.5. The highest BCUT2D eigenvalue weighted by Gasteiger charge is 2.21. The number of amides is 2. The van der Waals surface area contributed by atoms with Crippen LogP contribution >= 0.6 is 0 Å². The van der Waals surface area contributed by atoms with Crippen LogP contribution in [0.2, 0.25) is 0 Å². The highest BCUT2D eigenvalue weighted by Crippen LogP contribution is 2.14. The summed E-state index contributed by atoms with van der Waals surface area (Å²) >= 11 is 0. The summed E-state index contributed by atoms with van der Waals surface area (Å²) < 4.78 is 1.64. The van der Waals surface area contributed by atoms with Crippen LogP contribution in [0.1, 0.15) is 32.2 Å². The number of aromatic nitrogens is 2. The Morgan fingerprint density at radius 2 is 1.79 bits per heavy atom. The maximum Gasteiger partial charge on any atom is 0.287 e. The summed E-state index contributed by atoms with van der Waals surface area (Å²) in [5.41, 5.74) is 3.01. The molecular formula is C21H25N5O2. The van der Waals surface area contributed by atoms with E-state index in [4.69, 9.17) is 0 Å². The van der Waals surface area contributed by atoms with Gasteiger partial charge in [0.2, 0.25) is 5.82 Å². The van der Waals surface area contributed by atoms with Crippen molar-refractivity contribution >= 4 is 17.3 Å². The number of pyridine rings is 1. The largest absolute Gasteiger partial charge is 0.348 e. The summed E-state index contributed by atoms with van der Waals surface area (Å²) in [6.07, 6.45) is 1.74. The average Bonchev–Trinajstić information content (AvgIpc) is 3.07. The molecular weight excluding hydrogens is 354 g/mol. The molecule has 3 rings (SSSR count). The number of nitrogens with one attached hydrogen (secondary N) is 2. The first-order valence-corrected chi connectivity index (χ1v) is 9.19. The van der Waals surface area contributed by atoms with E-state index in [0.717, 1.165) is 12.1 Å². The van der Waals surface area contributed by atoms with Crippen LogP contribution in [-0.2, 0) is 6.54 Å². The van der Waals surface area contributed by atoms with Gasteiger partial charge in [0.25, 0.3) is 11.8 Å². The zero-order valence-corrected chi connectivity index (χ0v) is 16.4. The molecule has 3 aromatic rings. The molecule has 0 unspecified atom stereocenters. The van der Waals surface area contributed by atoms with Gasteiger partial charge in [0.1, 0.15) is 0 Å². The van der Waals surface area contributed by atoms with Crippen molar-refractivity contribution in [2.75, 3.05) is 27.2 Å². The van der Waals surface area contributed by atoms with Gasteiger partial charge in [-0.1, -0.05) is 35.9 Å². The quantitative estimate of drug-likeness (QED) is 0.657. The molecule has 0 saturated heterocycles. The van der Waals surface area contributed by atoms with Gasteiger partial charge < -0.3 is 15.5 Å². The second kappa shape index (κ2) is 8.67. The van der Waals surface area contributed by atoms with Gasteiger partial charge in [-0.25, -0.2) is 4.98 Å². The minimum absolute atomic E-state index is 0.204. The van der Waals surface area contributed by atoms with Gasteiger partial charge in [-0.05, 0) is 38.7 Å². The highest BCUT2D eigenvalue weighted by atomic mass is 16.2. The van der Waals surface area contributed by atoms with Crippen molar-refractivity contribution in [1.29, 1.82) is 0 Å². The third-order valence-corrected chi connectivity index (χ3v) is 4.38. The summed E-state index contributed by atoms with van der Waals surface area (Å²) in [4.78, 5) is 31.6. The Morgan fingerprint density at radius 1 is 1.04 bits per heavy atom. The predicted octanol–water partition coefficient (Wildman–Crippen LogP) is 1.86. The molecule has 28 heavy (non-hydrogen) atoms. The molecule has 0 bridgehead atoms. The van der Waals surface area contributed by atoms with E-state index in [1.54, 1.807) is 22.7 Å². The molecule has 0 aliphatic rings. The fraction of sp³-hybridized carbons (Fsp3) is 0.286. The van der Waals surface area contributed by atoms with Crippen LogP contribution in [0.25, 0.3) is 5.52 Å². The Morgan fingerprint density at radius 3 is 2.50 bits per heavy atom. The number of carbonyl (C=O) groups excluding carboxylic acids is 2. The lowest BCUT2D eigenvalue weighted by atomic mass is 10.1. The number of imidazole rings is 1. The number of nitrogens with zero attached hydrogens (tertiary/aromatic N) is 3. The number of hydrogen-bond acceptors (Lipinski definition) is 4. The Kier molecular flexibility index (Phi) is 6.06. The van der Waals surface area contributed by atoms with Gasteiger partial charge in [-0.3, -0.25) is 14.0 Å². The molecule has 2 amide bonds. The van der Waals surface area contributed by atoms with Crippen LogP contribution in [0.4, 0.5) is 0 Å². The van der Waals surface area contributed by atoms with E-state index in [2.05, 4.69) is 15.6 Å². The second-order valence-electron chi connectivity index (χ2n) is 6.97. The fourth-order valence-corrected chi connectivity index (χ4v) is 2.81. The lowest BCUT2D eigenvalue weighted by Crippen LogP contribution is -2.32. The highest BCUT2D eigenvalue weighted by molar-refractivity contribution is 6.02. The standard InChI is InChI=1S/C21H25N5O2/c1-15-7-9-16(10-8-15)14-23-20(27)18-17-6-4-5-12-26(17)19(24-18)21(28)22-11-13-25(2)3/h4-10,12H,11,13-14H2,1-3H3,(H,22,28)(H,23,27). The normalized spacial score (nSPS) is 11.0. The molecule has 2 N–H and O–H groups in total. The van der Waals surface area contributed by atoms with Gasteiger partial charge in [-0.15, -0.1) is 0 Å². The monoisotopic (exact) mass is 379 g/mol. The Bertz CT molecular complexity index is 976. The lowest BCUT2D eigenvalue weighted by molar-refractivity contribution is 0.0940. The van der Waals surface area contributed by atoms with Crippen molar-refractivity contribution in [2.24, 2.45) is 0 Å².